The molecule has 0 aliphatic carbocycles. The minimum absolute atomic E-state index is 0.0745. The van der Waals surface area contributed by atoms with Crippen molar-refractivity contribution < 1.29 is 24.4 Å². The van der Waals surface area contributed by atoms with Crippen molar-refractivity contribution >= 4 is 62.2 Å². The number of carboxylic acid groups (broad SMARTS) is 1. The largest absolute Gasteiger partial charge is 0.482 e. The minimum atomic E-state index is -1.09. The van der Waals surface area contributed by atoms with Crippen LogP contribution in [-0.4, -0.2) is 33.7 Å². The Labute approximate surface area is 176 Å². The van der Waals surface area contributed by atoms with Crippen LogP contribution in [0.3, 0.4) is 0 Å². The number of hydrogen-bond donors (Lipinski definition) is 2. The Morgan fingerprint density at radius 3 is 2.83 bits per heavy atom. The van der Waals surface area contributed by atoms with Gasteiger partial charge in [0, 0.05) is 12.1 Å². The molecule has 1 aliphatic heterocycles. The molecular formula is C18H12BrN3O6S. The van der Waals surface area contributed by atoms with Crippen molar-refractivity contribution in [1.29, 1.82) is 0 Å². The summed E-state index contributed by atoms with van der Waals surface area (Å²) >= 11 is 4.35. The number of nitro benzene ring substituents is 1. The number of aliphatic imine (C=N–C) groups is 1. The lowest BCUT2D eigenvalue weighted by Gasteiger charge is -2.03. The number of nitro groups is 1. The fourth-order valence-corrected chi connectivity index (χ4v) is 3.57. The standard InChI is InChI=1S/C18H12BrN3O6S/c19-13-8-11(22(26)27)4-5-14(13)20-18-21-17(25)15(29-18)7-10-2-1-3-12(6-10)28-9-16(23)24/h1-8H,9H2,(H,23,24)(H,20,21,25)/b15-7+. The zero-order valence-corrected chi connectivity index (χ0v) is 16.9. The van der Waals surface area contributed by atoms with Crippen LogP contribution >= 0.6 is 27.7 Å². The van der Waals surface area contributed by atoms with Gasteiger partial charge in [0.2, 0.25) is 0 Å². The van der Waals surface area contributed by atoms with Crippen LogP contribution in [0.15, 0.2) is 56.8 Å². The van der Waals surface area contributed by atoms with E-state index in [2.05, 4.69) is 26.2 Å². The number of benzene rings is 2. The fourth-order valence-electron chi connectivity index (χ4n) is 2.28. The van der Waals surface area contributed by atoms with Crippen molar-refractivity contribution in [3.8, 4) is 5.75 Å². The van der Waals surface area contributed by atoms with Crippen LogP contribution in [0.2, 0.25) is 0 Å². The lowest BCUT2D eigenvalue weighted by molar-refractivity contribution is -0.384. The first-order valence-electron chi connectivity index (χ1n) is 8.00. The topological polar surface area (TPSA) is 131 Å². The van der Waals surface area contributed by atoms with Gasteiger partial charge in [-0.15, -0.1) is 0 Å². The van der Waals surface area contributed by atoms with Crippen LogP contribution in [-0.2, 0) is 9.59 Å². The monoisotopic (exact) mass is 477 g/mol. The second-order valence-electron chi connectivity index (χ2n) is 5.63. The van der Waals surface area contributed by atoms with E-state index in [0.717, 1.165) is 11.8 Å². The van der Waals surface area contributed by atoms with Crippen molar-refractivity contribution in [2.24, 2.45) is 4.99 Å². The van der Waals surface area contributed by atoms with E-state index < -0.39 is 17.5 Å². The predicted molar refractivity (Wildman–Crippen MR) is 111 cm³/mol. The number of carbonyl (C=O) groups excluding carboxylic acids is 1. The Hall–Kier alpha value is -3.18. The lowest BCUT2D eigenvalue weighted by atomic mass is 10.2. The van der Waals surface area contributed by atoms with Gasteiger partial charge in [-0.1, -0.05) is 12.1 Å². The highest BCUT2D eigenvalue weighted by molar-refractivity contribution is 9.10. The van der Waals surface area contributed by atoms with Crippen LogP contribution in [0, 0.1) is 10.1 Å². The van der Waals surface area contributed by atoms with Gasteiger partial charge in [0.15, 0.2) is 11.8 Å². The van der Waals surface area contributed by atoms with Gasteiger partial charge in [-0.25, -0.2) is 9.79 Å². The molecule has 0 saturated carbocycles. The number of thioether (sulfide) groups is 1. The summed E-state index contributed by atoms with van der Waals surface area (Å²) in [5.74, 6) is -1.06. The van der Waals surface area contributed by atoms with Crippen LogP contribution in [0.25, 0.3) is 6.08 Å². The van der Waals surface area contributed by atoms with Gasteiger partial charge in [-0.05, 0) is 57.5 Å². The van der Waals surface area contributed by atoms with Crippen molar-refractivity contribution in [1.82, 2.24) is 5.32 Å². The van der Waals surface area contributed by atoms with Gasteiger partial charge in [0.25, 0.3) is 11.6 Å². The van der Waals surface area contributed by atoms with E-state index in [1.54, 1.807) is 30.3 Å². The number of hydrogen-bond acceptors (Lipinski definition) is 7. The molecule has 1 aliphatic rings. The Kier molecular flexibility index (Phi) is 6.29. The number of nitrogens with zero attached hydrogens (tertiary/aromatic N) is 2. The number of carbonyl (C=O) groups is 2. The van der Waals surface area contributed by atoms with Crippen molar-refractivity contribution in [3.63, 3.8) is 0 Å². The number of carboxylic acids is 1. The Bertz CT molecular complexity index is 1070. The molecule has 2 aromatic rings. The third-order valence-electron chi connectivity index (χ3n) is 3.53. The highest BCUT2D eigenvalue weighted by Crippen LogP contribution is 2.33. The molecule has 148 valence electrons. The number of nitrogens with one attached hydrogen (secondary N) is 1. The summed E-state index contributed by atoms with van der Waals surface area (Å²) in [5.41, 5.74) is 1.02. The number of aliphatic carboxylic acids is 1. The smallest absolute Gasteiger partial charge is 0.341 e. The number of halogens is 1. The quantitative estimate of drug-likeness (QED) is 0.368. The number of ether oxygens (including phenoxy) is 1. The first-order chi connectivity index (χ1) is 13.8. The maximum Gasteiger partial charge on any atom is 0.341 e. The Morgan fingerprint density at radius 2 is 2.14 bits per heavy atom. The van der Waals surface area contributed by atoms with Gasteiger partial charge in [-0.3, -0.25) is 14.9 Å². The van der Waals surface area contributed by atoms with E-state index >= 15 is 0 Å². The average molecular weight is 478 g/mol. The minimum Gasteiger partial charge on any atom is -0.482 e. The molecule has 2 N–H and O–H groups in total. The second kappa shape index (κ2) is 8.88. The SMILES string of the molecule is O=C(O)COc1cccc(/C=C2/SC(=Nc3ccc([N+](=O)[O-])cc3Br)NC2=O)c1. The van der Waals surface area contributed by atoms with Gasteiger partial charge in [0.1, 0.15) is 5.75 Å². The van der Waals surface area contributed by atoms with E-state index in [0.29, 0.717) is 31.5 Å². The Morgan fingerprint density at radius 1 is 1.34 bits per heavy atom. The highest BCUT2D eigenvalue weighted by atomic mass is 79.9. The van der Waals surface area contributed by atoms with Crippen LogP contribution in [0.5, 0.6) is 5.75 Å². The summed E-state index contributed by atoms with van der Waals surface area (Å²) in [7, 11) is 0. The van der Waals surface area contributed by atoms with Crippen molar-refractivity contribution in [2.75, 3.05) is 6.61 Å². The molecule has 1 heterocycles. The van der Waals surface area contributed by atoms with Crippen LogP contribution in [0.1, 0.15) is 5.56 Å². The van der Waals surface area contributed by atoms with Crippen molar-refractivity contribution in [3.05, 3.63) is 67.5 Å². The van der Waals surface area contributed by atoms with Gasteiger partial charge in [-0.2, -0.15) is 0 Å². The summed E-state index contributed by atoms with van der Waals surface area (Å²) in [4.78, 5) is 37.8. The summed E-state index contributed by atoms with van der Waals surface area (Å²) in [6.07, 6.45) is 1.63. The first-order valence-corrected chi connectivity index (χ1v) is 9.61. The zero-order valence-electron chi connectivity index (χ0n) is 14.5. The number of non-ortho nitro benzene ring substituents is 1. The molecule has 0 aromatic heterocycles. The van der Waals surface area contributed by atoms with E-state index in [4.69, 9.17) is 9.84 Å². The lowest BCUT2D eigenvalue weighted by Crippen LogP contribution is -2.19. The van der Waals surface area contributed by atoms with Gasteiger partial charge < -0.3 is 15.2 Å². The third-order valence-corrected chi connectivity index (χ3v) is 5.08. The van der Waals surface area contributed by atoms with E-state index in [9.17, 15) is 19.7 Å². The van der Waals surface area contributed by atoms with Crippen molar-refractivity contribution in [2.45, 2.75) is 0 Å². The second-order valence-corrected chi connectivity index (χ2v) is 7.51. The molecule has 11 heteroatoms. The van der Waals surface area contributed by atoms with E-state index in [1.807, 2.05) is 0 Å². The molecule has 0 bridgehead atoms. The molecule has 0 spiro atoms. The molecule has 29 heavy (non-hydrogen) atoms. The normalized spacial score (nSPS) is 16.1. The number of amidine groups is 1. The van der Waals surface area contributed by atoms with Crippen LogP contribution < -0.4 is 10.1 Å². The molecule has 1 fully saturated rings. The maximum atomic E-state index is 12.2. The number of rotatable bonds is 6. The predicted octanol–water partition coefficient (Wildman–Crippen LogP) is 3.71. The fraction of sp³-hybridized carbons (Fsp3) is 0.0556. The summed E-state index contributed by atoms with van der Waals surface area (Å²) in [6, 6.07) is 10.8. The van der Waals surface area contributed by atoms with Gasteiger partial charge >= 0.3 is 5.97 Å². The molecule has 9 nitrogen and oxygen atoms in total. The molecular weight excluding hydrogens is 466 g/mol. The van der Waals surface area contributed by atoms with Crippen LogP contribution in [0.4, 0.5) is 11.4 Å². The van der Waals surface area contributed by atoms with E-state index in [-0.39, 0.29) is 11.6 Å². The molecule has 3 rings (SSSR count). The van der Waals surface area contributed by atoms with Gasteiger partial charge in [0.05, 0.1) is 20.0 Å². The molecule has 1 saturated heterocycles. The zero-order chi connectivity index (χ0) is 21.0. The molecule has 0 atom stereocenters. The summed E-state index contributed by atoms with van der Waals surface area (Å²) < 4.78 is 5.55. The summed E-state index contributed by atoms with van der Waals surface area (Å²) in [6.45, 7) is -0.462. The first kappa shape index (κ1) is 20.6. The molecule has 2 aromatic carbocycles. The number of amides is 1. The third kappa shape index (κ3) is 5.42. The molecule has 1 amide bonds. The van der Waals surface area contributed by atoms with E-state index in [1.165, 1.54) is 18.2 Å². The highest BCUT2D eigenvalue weighted by Gasteiger charge is 2.24. The average Bonchev–Trinajstić information content (AvgIpc) is 3.01. The summed E-state index contributed by atoms with van der Waals surface area (Å²) in [5, 5.41) is 22.4. The molecule has 0 unspecified atom stereocenters. The Balaban J connectivity index is 1.78. The molecule has 0 radical (unpaired) electrons. The maximum absolute atomic E-state index is 12.2.